The Balaban J connectivity index is 1.40. The summed E-state index contributed by atoms with van der Waals surface area (Å²) in [6, 6.07) is 9.66. The van der Waals surface area contributed by atoms with Crippen molar-refractivity contribution in [2.24, 2.45) is 0 Å². The molecular formula is C28H32F2N4O2. The fraction of sp³-hybridized carbons (Fsp3) is 0.429. The summed E-state index contributed by atoms with van der Waals surface area (Å²) in [5.41, 5.74) is 4.83. The summed E-state index contributed by atoms with van der Waals surface area (Å²) in [6.07, 6.45) is 2.63. The SMILES string of the molecule is COCCN1CCc2cc(Cc3ncc(F)c(-c4cc(F)c5c(c4)N(C(C)C)CCO5)n3)ccc2C1. The third-order valence-electron chi connectivity index (χ3n) is 6.94. The number of benzene rings is 2. The van der Waals surface area contributed by atoms with Gasteiger partial charge in [-0.1, -0.05) is 18.2 Å². The van der Waals surface area contributed by atoms with Gasteiger partial charge in [0.25, 0.3) is 0 Å². The van der Waals surface area contributed by atoms with E-state index in [4.69, 9.17) is 9.47 Å². The maximum atomic E-state index is 15.0. The van der Waals surface area contributed by atoms with E-state index in [1.165, 1.54) is 23.4 Å². The number of aromatic nitrogens is 2. The van der Waals surface area contributed by atoms with Crippen LogP contribution in [-0.2, 0) is 24.1 Å². The summed E-state index contributed by atoms with van der Waals surface area (Å²) < 4.78 is 40.6. The number of hydrogen-bond donors (Lipinski definition) is 0. The van der Waals surface area contributed by atoms with Crippen LogP contribution in [0.15, 0.2) is 36.5 Å². The molecule has 2 aromatic carbocycles. The van der Waals surface area contributed by atoms with E-state index >= 15 is 0 Å². The molecule has 6 nitrogen and oxygen atoms in total. The van der Waals surface area contributed by atoms with Crippen LogP contribution >= 0.6 is 0 Å². The van der Waals surface area contributed by atoms with Crippen LogP contribution in [0.1, 0.15) is 36.4 Å². The Bertz CT molecular complexity index is 1250. The van der Waals surface area contributed by atoms with Gasteiger partial charge in [0.1, 0.15) is 18.1 Å². The van der Waals surface area contributed by atoms with Gasteiger partial charge in [0.05, 0.1) is 25.0 Å². The van der Waals surface area contributed by atoms with Crippen LogP contribution in [0.5, 0.6) is 5.75 Å². The number of ether oxygens (including phenoxy) is 2. The van der Waals surface area contributed by atoms with E-state index in [2.05, 4.69) is 38.0 Å². The number of nitrogens with zero attached hydrogens (tertiary/aromatic N) is 4. The molecule has 0 amide bonds. The molecule has 0 bridgehead atoms. The Labute approximate surface area is 210 Å². The molecule has 0 fully saturated rings. The van der Waals surface area contributed by atoms with Crippen LogP contribution in [0, 0.1) is 11.6 Å². The zero-order valence-corrected chi connectivity index (χ0v) is 21.1. The first-order chi connectivity index (χ1) is 17.4. The Morgan fingerprint density at radius 1 is 1.08 bits per heavy atom. The first-order valence-electron chi connectivity index (χ1n) is 12.5. The summed E-state index contributed by atoms with van der Waals surface area (Å²) in [5, 5.41) is 0. The molecule has 36 heavy (non-hydrogen) atoms. The lowest BCUT2D eigenvalue weighted by atomic mass is 9.96. The summed E-state index contributed by atoms with van der Waals surface area (Å²) in [5.74, 6) is -0.378. The average Bonchev–Trinajstić information content (AvgIpc) is 2.88. The second-order valence-electron chi connectivity index (χ2n) is 9.72. The number of methoxy groups -OCH3 is 1. The Morgan fingerprint density at radius 2 is 1.94 bits per heavy atom. The smallest absolute Gasteiger partial charge is 0.178 e. The van der Waals surface area contributed by atoms with E-state index in [0.717, 1.165) is 38.2 Å². The molecule has 190 valence electrons. The predicted molar refractivity (Wildman–Crippen MR) is 135 cm³/mol. The third-order valence-corrected chi connectivity index (χ3v) is 6.94. The van der Waals surface area contributed by atoms with E-state index in [1.807, 2.05) is 13.8 Å². The van der Waals surface area contributed by atoms with Gasteiger partial charge in [-0.3, -0.25) is 4.90 Å². The molecule has 1 aromatic heterocycles. The molecule has 8 heteroatoms. The van der Waals surface area contributed by atoms with Gasteiger partial charge in [-0.05, 0) is 49.1 Å². The van der Waals surface area contributed by atoms with Gasteiger partial charge in [-0.25, -0.2) is 18.7 Å². The van der Waals surface area contributed by atoms with Gasteiger partial charge in [-0.15, -0.1) is 0 Å². The minimum Gasteiger partial charge on any atom is -0.486 e. The van der Waals surface area contributed by atoms with E-state index in [9.17, 15) is 8.78 Å². The molecule has 3 heterocycles. The summed E-state index contributed by atoms with van der Waals surface area (Å²) >= 11 is 0. The zero-order chi connectivity index (χ0) is 25.2. The van der Waals surface area contributed by atoms with Crippen molar-refractivity contribution in [2.45, 2.75) is 39.3 Å². The topological polar surface area (TPSA) is 50.7 Å². The molecule has 0 radical (unpaired) electrons. The molecular weight excluding hydrogens is 462 g/mol. The lowest BCUT2D eigenvalue weighted by Crippen LogP contribution is -2.38. The fourth-order valence-electron chi connectivity index (χ4n) is 5.03. The van der Waals surface area contributed by atoms with Crippen molar-refractivity contribution in [1.29, 1.82) is 0 Å². The van der Waals surface area contributed by atoms with Crippen LogP contribution in [0.3, 0.4) is 0 Å². The highest BCUT2D eigenvalue weighted by Gasteiger charge is 2.26. The first kappa shape index (κ1) is 24.6. The second-order valence-corrected chi connectivity index (χ2v) is 9.72. The molecule has 2 aliphatic rings. The van der Waals surface area contributed by atoms with Gasteiger partial charge >= 0.3 is 0 Å². The third kappa shape index (κ3) is 5.06. The summed E-state index contributed by atoms with van der Waals surface area (Å²) in [6.45, 7) is 8.71. The number of hydrogen-bond acceptors (Lipinski definition) is 6. The number of anilines is 1. The number of halogens is 2. The maximum absolute atomic E-state index is 15.0. The van der Waals surface area contributed by atoms with Crippen molar-refractivity contribution >= 4 is 5.69 Å². The van der Waals surface area contributed by atoms with E-state index in [1.54, 1.807) is 13.2 Å². The molecule has 0 atom stereocenters. The lowest BCUT2D eigenvalue weighted by Gasteiger charge is -2.34. The normalized spacial score (nSPS) is 15.6. The monoisotopic (exact) mass is 494 g/mol. The molecule has 0 saturated carbocycles. The van der Waals surface area contributed by atoms with Gasteiger partial charge < -0.3 is 14.4 Å². The van der Waals surface area contributed by atoms with Crippen molar-refractivity contribution in [3.05, 3.63) is 70.7 Å². The van der Waals surface area contributed by atoms with Crippen molar-refractivity contribution in [1.82, 2.24) is 14.9 Å². The molecule has 0 N–H and O–H groups in total. The highest BCUT2D eigenvalue weighted by atomic mass is 19.1. The molecule has 0 spiro atoms. The van der Waals surface area contributed by atoms with Gasteiger partial charge in [0, 0.05) is 44.8 Å². The summed E-state index contributed by atoms with van der Waals surface area (Å²) in [7, 11) is 1.73. The molecule has 3 aromatic rings. The van der Waals surface area contributed by atoms with Crippen molar-refractivity contribution in [3.8, 4) is 17.0 Å². The lowest BCUT2D eigenvalue weighted by molar-refractivity contribution is 0.141. The molecule has 0 aliphatic carbocycles. The van der Waals surface area contributed by atoms with E-state index in [0.29, 0.717) is 36.6 Å². The molecule has 2 aliphatic heterocycles. The number of fused-ring (bicyclic) bond motifs is 2. The summed E-state index contributed by atoms with van der Waals surface area (Å²) in [4.78, 5) is 13.2. The standard InChI is InChI=1S/C28H32F2N4O2/c1-18(2)34-9-11-36-28-23(29)14-22(15-25(28)34)27-24(30)16-31-26(32-27)13-19-4-5-21-17-33(8-10-35-3)7-6-20(21)12-19/h4-5,12,14-16,18H,6-11,13,17H2,1-3H3. The van der Waals surface area contributed by atoms with E-state index < -0.39 is 11.6 Å². The quantitative estimate of drug-likeness (QED) is 0.478. The van der Waals surface area contributed by atoms with Gasteiger partial charge in [0.15, 0.2) is 17.4 Å². The second kappa shape index (κ2) is 10.5. The first-order valence-corrected chi connectivity index (χ1v) is 12.5. The largest absolute Gasteiger partial charge is 0.486 e. The zero-order valence-electron chi connectivity index (χ0n) is 21.1. The molecule has 0 unspecified atom stereocenters. The minimum absolute atomic E-state index is 0.0997. The Morgan fingerprint density at radius 3 is 2.75 bits per heavy atom. The Hall–Kier alpha value is -3.10. The van der Waals surface area contributed by atoms with Crippen LogP contribution < -0.4 is 9.64 Å². The number of rotatable bonds is 7. The van der Waals surface area contributed by atoms with Crippen LogP contribution in [0.25, 0.3) is 11.3 Å². The maximum Gasteiger partial charge on any atom is 0.178 e. The predicted octanol–water partition coefficient (Wildman–Crippen LogP) is 4.62. The van der Waals surface area contributed by atoms with Crippen molar-refractivity contribution in [3.63, 3.8) is 0 Å². The van der Waals surface area contributed by atoms with Crippen molar-refractivity contribution in [2.75, 3.05) is 44.9 Å². The fourth-order valence-corrected chi connectivity index (χ4v) is 5.03. The molecule has 5 rings (SSSR count). The Kier molecular flexibility index (Phi) is 7.16. The van der Waals surface area contributed by atoms with Crippen LogP contribution in [-0.4, -0.2) is 60.9 Å². The average molecular weight is 495 g/mol. The van der Waals surface area contributed by atoms with Gasteiger partial charge in [0.2, 0.25) is 0 Å². The van der Waals surface area contributed by atoms with Crippen LogP contribution in [0.2, 0.25) is 0 Å². The van der Waals surface area contributed by atoms with E-state index in [-0.39, 0.29) is 17.5 Å². The molecule has 0 saturated heterocycles. The minimum atomic E-state index is -0.576. The van der Waals surface area contributed by atoms with Gasteiger partial charge in [-0.2, -0.15) is 0 Å². The van der Waals surface area contributed by atoms with Crippen LogP contribution in [0.4, 0.5) is 14.5 Å². The highest BCUT2D eigenvalue weighted by molar-refractivity contribution is 5.72. The van der Waals surface area contributed by atoms with Crippen molar-refractivity contribution < 1.29 is 18.3 Å². The highest BCUT2D eigenvalue weighted by Crippen LogP contribution is 2.39.